The second kappa shape index (κ2) is 8.40. The van der Waals surface area contributed by atoms with Crippen LogP contribution < -0.4 is 0 Å². The molecule has 0 saturated heterocycles. The molecule has 0 N–H and O–H groups in total. The highest BCUT2D eigenvalue weighted by Crippen LogP contribution is 2.37. The van der Waals surface area contributed by atoms with Crippen LogP contribution in [0.2, 0.25) is 5.02 Å². The van der Waals surface area contributed by atoms with E-state index >= 15 is 0 Å². The van der Waals surface area contributed by atoms with E-state index in [1.807, 2.05) is 0 Å². The fourth-order valence-electron chi connectivity index (χ4n) is 3.14. The standard InChI is InChI=1S/C20H14BrClF3NO4S/c1-30-19(27)17-12-7-16(31(2,28)29)14(22)8-15(12)26-18(13(17)9-21)10-4-3-5-11(6-10)20(23,24)25/h3-8H,9H2,1-2H3. The maximum absolute atomic E-state index is 13.2. The van der Waals surface area contributed by atoms with Crippen molar-refractivity contribution < 1.29 is 31.1 Å². The molecular formula is C20H14BrClF3NO4S. The van der Waals surface area contributed by atoms with E-state index < -0.39 is 27.5 Å². The minimum Gasteiger partial charge on any atom is -0.465 e. The number of halogens is 5. The van der Waals surface area contributed by atoms with E-state index in [4.69, 9.17) is 16.3 Å². The molecule has 3 aromatic rings. The summed E-state index contributed by atoms with van der Waals surface area (Å²) in [5.74, 6) is -0.795. The quantitative estimate of drug-likeness (QED) is 0.318. The highest BCUT2D eigenvalue weighted by atomic mass is 79.9. The van der Waals surface area contributed by atoms with Gasteiger partial charge in [-0.15, -0.1) is 0 Å². The molecule has 5 nitrogen and oxygen atoms in total. The SMILES string of the molecule is COC(=O)c1c(CBr)c(-c2cccc(C(F)(F)F)c2)nc2cc(Cl)c(S(C)(=O)=O)cc12. The number of hydrogen-bond donors (Lipinski definition) is 0. The van der Waals surface area contributed by atoms with Crippen molar-refractivity contribution in [1.82, 2.24) is 4.98 Å². The number of carbonyl (C=O) groups excluding carboxylic acids is 1. The Morgan fingerprint density at radius 3 is 2.45 bits per heavy atom. The number of alkyl halides is 4. The average molecular weight is 537 g/mol. The Balaban J connectivity index is 2.46. The molecule has 0 amide bonds. The van der Waals surface area contributed by atoms with Crippen molar-refractivity contribution in [1.29, 1.82) is 0 Å². The second-order valence-corrected chi connectivity index (χ2v) is 9.54. The first-order valence-corrected chi connectivity index (χ1v) is 12.0. The van der Waals surface area contributed by atoms with Crippen LogP contribution in [-0.2, 0) is 26.1 Å². The summed E-state index contributed by atoms with van der Waals surface area (Å²) in [7, 11) is -2.58. The van der Waals surface area contributed by atoms with Crippen molar-refractivity contribution in [3.63, 3.8) is 0 Å². The van der Waals surface area contributed by atoms with Crippen LogP contribution in [-0.4, -0.2) is 32.7 Å². The lowest BCUT2D eigenvalue weighted by Crippen LogP contribution is -2.10. The lowest BCUT2D eigenvalue weighted by molar-refractivity contribution is -0.137. The van der Waals surface area contributed by atoms with Crippen LogP contribution in [0.25, 0.3) is 22.2 Å². The first-order chi connectivity index (χ1) is 14.4. The number of esters is 1. The summed E-state index contributed by atoms with van der Waals surface area (Å²) in [5.41, 5.74) is -0.273. The largest absolute Gasteiger partial charge is 0.465 e. The first kappa shape index (κ1) is 23.5. The predicted molar refractivity (Wildman–Crippen MR) is 114 cm³/mol. The smallest absolute Gasteiger partial charge is 0.416 e. The molecular weight excluding hydrogens is 523 g/mol. The second-order valence-electron chi connectivity index (χ2n) is 6.59. The molecule has 2 aromatic carbocycles. The van der Waals surface area contributed by atoms with E-state index in [9.17, 15) is 26.4 Å². The lowest BCUT2D eigenvalue weighted by atomic mass is 9.96. The molecule has 0 atom stereocenters. The van der Waals surface area contributed by atoms with E-state index in [2.05, 4.69) is 20.9 Å². The molecule has 164 valence electrons. The molecule has 1 heterocycles. The number of ether oxygens (including phenoxy) is 1. The van der Waals surface area contributed by atoms with Gasteiger partial charge in [-0.05, 0) is 24.3 Å². The van der Waals surface area contributed by atoms with Gasteiger partial charge in [-0.1, -0.05) is 39.7 Å². The van der Waals surface area contributed by atoms with Gasteiger partial charge in [0, 0.05) is 28.1 Å². The highest BCUT2D eigenvalue weighted by molar-refractivity contribution is 9.08. The van der Waals surface area contributed by atoms with E-state index in [1.165, 1.54) is 24.3 Å². The molecule has 3 rings (SSSR count). The van der Waals surface area contributed by atoms with Crippen molar-refractivity contribution in [3.8, 4) is 11.3 Å². The summed E-state index contributed by atoms with van der Waals surface area (Å²) >= 11 is 9.37. The van der Waals surface area contributed by atoms with Gasteiger partial charge in [-0.25, -0.2) is 18.2 Å². The van der Waals surface area contributed by atoms with Gasteiger partial charge in [0.25, 0.3) is 0 Å². The van der Waals surface area contributed by atoms with Crippen molar-refractivity contribution in [2.24, 2.45) is 0 Å². The number of sulfone groups is 1. The van der Waals surface area contributed by atoms with Crippen LogP contribution in [0.1, 0.15) is 21.5 Å². The number of hydrogen-bond acceptors (Lipinski definition) is 5. The topological polar surface area (TPSA) is 73.3 Å². The summed E-state index contributed by atoms with van der Waals surface area (Å²) in [6.45, 7) is 0. The molecule has 0 aliphatic heterocycles. The number of rotatable bonds is 4. The average Bonchev–Trinajstić information content (AvgIpc) is 2.69. The Morgan fingerprint density at radius 1 is 1.23 bits per heavy atom. The zero-order valence-electron chi connectivity index (χ0n) is 16.0. The Kier molecular flexibility index (Phi) is 6.37. The predicted octanol–water partition coefficient (Wildman–Crippen LogP) is 5.66. The Labute approximate surface area is 189 Å². The highest BCUT2D eigenvalue weighted by Gasteiger charge is 2.31. The molecule has 0 aliphatic rings. The molecule has 0 aliphatic carbocycles. The number of benzene rings is 2. The Bertz CT molecular complexity index is 1310. The summed E-state index contributed by atoms with van der Waals surface area (Å²) in [5, 5.41) is 0.0738. The zero-order chi connectivity index (χ0) is 23.1. The molecule has 1 aromatic heterocycles. The molecule has 31 heavy (non-hydrogen) atoms. The van der Waals surface area contributed by atoms with E-state index in [0.29, 0.717) is 0 Å². The van der Waals surface area contributed by atoms with Gasteiger partial charge in [0.2, 0.25) is 0 Å². The summed E-state index contributed by atoms with van der Waals surface area (Å²) < 4.78 is 68.7. The monoisotopic (exact) mass is 535 g/mol. The van der Waals surface area contributed by atoms with Gasteiger partial charge >= 0.3 is 12.1 Å². The van der Waals surface area contributed by atoms with Gasteiger partial charge < -0.3 is 4.74 Å². The van der Waals surface area contributed by atoms with Crippen LogP contribution in [0.15, 0.2) is 41.3 Å². The maximum atomic E-state index is 13.2. The molecule has 0 bridgehead atoms. The van der Waals surface area contributed by atoms with Crippen molar-refractivity contribution in [2.75, 3.05) is 13.4 Å². The fourth-order valence-corrected chi connectivity index (χ4v) is 5.00. The van der Waals surface area contributed by atoms with Crippen molar-refractivity contribution >= 4 is 54.2 Å². The van der Waals surface area contributed by atoms with Gasteiger partial charge in [0.05, 0.1) is 39.4 Å². The number of aromatic nitrogens is 1. The van der Waals surface area contributed by atoms with Gasteiger partial charge in [-0.2, -0.15) is 13.2 Å². The Morgan fingerprint density at radius 2 is 1.90 bits per heavy atom. The molecule has 11 heteroatoms. The summed E-state index contributed by atoms with van der Waals surface area (Å²) in [4.78, 5) is 16.8. The zero-order valence-corrected chi connectivity index (χ0v) is 19.2. The van der Waals surface area contributed by atoms with E-state index in [-0.39, 0.29) is 48.5 Å². The minimum atomic E-state index is -4.57. The molecule has 0 saturated carbocycles. The Hall–Kier alpha value is -2.17. The number of carbonyl (C=O) groups is 1. The van der Waals surface area contributed by atoms with Gasteiger partial charge in [-0.3, -0.25) is 0 Å². The number of methoxy groups -OCH3 is 1. The van der Waals surface area contributed by atoms with Gasteiger partial charge in [0.15, 0.2) is 9.84 Å². The summed E-state index contributed by atoms with van der Waals surface area (Å²) in [6.07, 6.45) is -3.60. The van der Waals surface area contributed by atoms with Crippen molar-refractivity contribution in [2.45, 2.75) is 16.4 Å². The third-order valence-corrected chi connectivity index (χ3v) is 6.65. The minimum absolute atomic E-state index is 0.0154. The third kappa shape index (κ3) is 4.56. The maximum Gasteiger partial charge on any atom is 0.416 e. The van der Waals surface area contributed by atoms with E-state index in [0.717, 1.165) is 25.5 Å². The van der Waals surface area contributed by atoms with Crippen LogP contribution in [0.5, 0.6) is 0 Å². The van der Waals surface area contributed by atoms with Crippen molar-refractivity contribution in [3.05, 3.63) is 58.1 Å². The normalized spacial score (nSPS) is 12.2. The molecule has 0 spiro atoms. The summed E-state index contributed by atoms with van der Waals surface area (Å²) in [6, 6.07) is 6.99. The van der Waals surface area contributed by atoms with Crippen LogP contribution in [0.4, 0.5) is 13.2 Å². The lowest BCUT2D eigenvalue weighted by Gasteiger charge is -2.17. The molecule has 0 radical (unpaired) electrons. The first-order valence-electron chi connectivity index (χ1n) is 8.56. The van der Waals surface area contributed by atoms with E-state index in [1.54, 1.807) is 0 Å². The van der Waals surface area contributed by atoms with Crippen LogP contribution in [0.3, 0.4) is 0 Å². The number of fused-ring (bicyclic) bond motifs is 1. The van der Waals surface area contributed by atoms with Crippen LogP contribution in [0, 0.1) is 0 Å². The van der Waals surface area contributed by atoms with Crippen LogP contribution >= 0.6 is 27.5 Å². The number of pyridine rings is 1. The fraction of sp³-hybridized carbons (Fsp3) is 0.200. The molecule has 0 fully saturated rings. The number of nitrogens with zero attached hydrogens (tertiary/aromatic N) is 1. The van der Waals surface area contributed by atoms with Gasteiger partial charge in [0.1, 0.15) is 0 Å². The third-order valence-electron chi connectivity index (χ3n) is 4.53. The molecule has 0 unspecified atom stereocenters.